The molecule has 0 aromatic heterocycles. The van der Waals surface area contributed by atoms with Gasteiger partial charge in [-0.1, -0.05) is 0 Å². The fourth-order valence-corrected chi connectivity index (χ4v) is 2.98. The maximum Gasteiger partial charge on any atom is 0.121 e. The topological polar surface area (TPSA) is 33.7 Å². The highest BCUT2D eigenvalue weighted by molar-refractivity contribution is 5.47. The van der Waals surface area contributed by atoms with E-state index in [0.29, 0.717) is 6.04 Å². The molecule has 1 aromatic rings. The number of benzene rings is 1. The fourth-order valence-electron chi connectivity index (χ4n) is 2.98. The van der Waals surface area contributed by atoms with Gasteiger partial charge >= 0.3 is 0 Å². The molecule has 1 aromatic carbocycles. The van der Waals surface area contributed by atoms with E-state index in [-0.39, 0.29) is 0 Å². The summed E-state index contributed by atoms with van der Waals surface area (Å²) in [7, 11) is 0. The van der Waals surface area contributed by atoms with Gasteiger partial charge < -0.3 is 14.8 Å². The molecule has 2 aliphatic heterocycles. The molecule has 4 heteroatoms. The SMILES string of the molecule is [c]1ccc(OCCN2CCCC2)cc1NC1CCOCC1. The van der Waals surface area contributed by atoms with Crippen molar-refractivity contribution in [1.29, 1.82) is 0 Å². The van der Waals surface area contributed by atoms with Gasteiger partial charge in [-0.3, -0.25) is 4.90 Å². The first-order valence-electron chi connectivity index (χ1n) is 8.11. The molecule has 2 aliphatic rings. The summed E-state index contributed by atoms with van der Waals surface area (Å²) >= 11 is 0. The molecule has 115 valence electrons. The average molecular weight is 289 g/mol. The molecule has 2 fully saturated rings. The summed E-state index contributed by atoms with van der Waals surface area (Å²) in [5, 5.41) is 3.53. The summed E-state index contributed by atoms with van der Waals surface area (Å²) in [6.07, 6.45) is 4.79. The van der Waals surface area contributed by atoms with E-state index >= 15 is 0 Å². The number of nitrogens with zero attached hydrogens (tertiary/aromatic N) is 1. The molecule has 1 radical (unpaired) electrons. The molecule has 21 heavy (non-hydrogen) atoms. The van der Waals surface area contributed by atoms with Crippen LogP contribution in [-0.2, 0) is 4.74 Å². The first-order valence-corrected chi connectivity index (χ1v) is 8.11. The normalized spacial score (nSPS) is 20.6. The van der Waals surface area contributed by atoms with Gasteiger partial charge in [0.1, 0.15) is 12.4 Å². The van der Waals surface area contributed by atoms with Gasteiger partial charge in [0.2, 0.25) is 0 Å². The third-order valence-corrected chi connectivity index (χ3v) is 4.23. The van der Waals surface area contributed by atoms with Gasteiger partial charge in [0.15, 0.2) is 0 Å². The molecular formula is C17H25N2O2. The molecule has 0 spiro atoms. The van der Waals surface area contributed by atoms with E-state index in [2.05, 4.69) is 22.3 Å². The lowest BCUT2D eigenvalue weighted by Gasteiger charge is -2.24. The number of nitrogens with one attached hydrogen (secondary N) is 1. The maximum absolute atomic E-state index is 5.87. The Morgan fingerprint density at radius 1 is 1.29 bits per heavy atom. The Hall–Kier alpha value is -1.26. The lowest BCUT2D eigenvalue weighted by molar-refractivity contribution is 0.0904. The summed E-state index contributed by atoms with van der Waals surface area (Å²) in [5.74, 6) is 0.933. The van der Waals surface area contributed by atoms with Crippen LogP contribution in [0.15, 0.2) is 18.2 Å². The van der Waals surface area contributed by atoms with Crippen LogP contribution < -0.4 is 10.1 Å². The van der Waals surface area contributed by atoms with E-state index in [1.165, 1.54) is 25.9 Å². The predicted molar refractivity (Wildman–Crippen MR) is 83.9 cm³/mol. The number of hydrogen-bond acceptors (Lipinski definition) is 4. The minimum absolute atomic E-state index is 0.495. The van der Waals surface area contributed by atoms with Crippen LogP contribution in [0.3, 0.4) is 0 Å². The zero-order valence-electron chi connectivity index (χ0n) is 12.6. The second-order valence-electron chi connectivity index (χ2n) is 5.87. The number of likely N-dealkylation sites (tertiary alicyclic amines) is 1. The Balaban J connectivity index is 1.45. The second kappa shape index (κ2) is 7.66. The van der Waals surface area contributed by atoms with Crippen LogP contribution in [-0.4, -0.2) is 50.4 Å². The molecule has 0 unspecified atom stereocenters. The molecule has 0 saturated carbocycles. The van der Waals surface area contributed by atoms with Crippen molar-refractivity contribution in [2.75, 3.05) is 44.8 Å². The van der Waals surface area contributed by atoms with Crippen molar-refractivity contribution in [2.24, 2.45) is 0 Å². The largest absolute Gasteiger partial charge is 0.492 e. The minimum atomic E-state index is 0.495. The van der Waals surface area contributed by atoms with Gasteiger partial charge in [-0.25, -0.2) is 0 Å². The van der Waals surface area contributed by atoms with E-state index in [4.69, 9.17) is 9.47 Å². The Morgan fingerprint density at radius 3 is 2.90 bits per heavy atom. The predicted octanol–water partition coefficient (Wildman–Crippen LogP) is 2.55. The standard InChI is InChI=1S/C17H25N2O2/c1-2-9-19(8-1)10-13-21-17-5-3-4-16(14-17)18-15-6-11-20-12-7-15/h3,5,14-15,18H,1-2,6-13H2. The highest BCUT2D eigenvalue weighted by Crippen LogP contribution is 2.20. The van der Waals surface area contributed by atoms with Crippen LogP contribution in [0.25, 0.3) is 0 Å². The monoisotopic (exact) mass is 289 g/mol. The van der Waals surface area contributed by atoms with Crippen molar-refractivity contribution < 1.29 is 9.47 Å². The molecule has 3 rings (SSSR count). The Labute approximate surface area is 127 Å². The molecule has 0 aliphatic carbocycles. The van der Waals surface area contributed by atoms with Gasteiger partial charge in [0.05, 0.1) is 0 Å². The van der Waals surface area contributed by atoms with Crippen molar-refractivity contribution in [3.63, 3.8) is 0 Å². The van der Waals surface area contributed by atoms with Crippen molar-refractivity contribution in [3.8, 4) is 5.75 Å². The number of hydrogen-bond donors (Lipinski definition) is 1. The molecule has 0 amide bonds. The van der Waals surface area contributed by atoms with E-state index in [1.807, 2.05) is 12.1 Å². The molecule has 0 atom stereocenters. The van der Waals surface area contributed by atoms with Gasteiger partial charge in [-0.05, 0) is 50.9 Å². The van der Waals surface area contributed by atoms with Gasteiger partial charge in [0, 0.05) is 43.6 Å². The Kier molecular flexibility index (Phi) is 5.35. The van der Waals surface area contributed by atoms with E-state index in [9.17, 15) is 0 Å². The van der Waals surface area contributed by atoms with E-state index in [1.54, 1.807) is 0 Å². The van der Waals surface area contributed by atoms with Crippen molar-refractivity contribution in [3.05, 3.63) is 24.3 Å². The highest BCUT2D eigenvalue weighted by atomic mass is 16.5. The van der Waals surface area contributed by atoms with Crippen molar-refractivity contribution >= 4 is 5.69 Å². The van der Waals surface area contributed by atoms with Crippen LogP contribution in [0.5, 0.6) is 5.75 Å². The summed E-state index contributed by atoms with van der Waals surface area (Å²) in [4.78, 5) is 2.47. The van der Waals surface area contributed by atoms with Gasteiger partial charge in [0.25, 0.3) is 0 Å². The zero-order valence-corrected chi connectivity index (χ0v) is 12.6. The first-order chi connectivity index (χ1) is 10.4. The molecular weight excluding hydrogens is 264 g/mol. The van der Waals surface area contributed by atoms with E-state index in [0.717, 1.165) is 50.6 Å². The number of rotatable bonds is 6. The van der Waals surface area contributed by atoms with Crippen LogP contribution >= 0.6 is 0 Å². The van der Waals surface area contributed by atoms with Crippen molar-refractivity contribution in [2.45, 2.75) is 31.7 Å². The number of anilines is 1. The highest BCUT2D eigenvalue weighted by Gasteiger charge is 2.14. The van der Waals surface area contributed by atoms with E-state index < -0.39 is 0 Å². The summed E-state index contributed by atoms with van der Waals surface area (Å²) in [5.41, 5.74) is 1.03. The second-order valence-corrected chi connectivity index (χ2v) is 5.87. The van der Waals surface area contributed by atoms with Crippen LogP contribution in [0.2, 0.25) is 0 Å². The molecule has 4 nitrogen and oxygen atoms in total. The van der Waals surface area contributed by atoms with Crippen LogP contribution in [0.1, 0.15) is 25.7 Å². The summed E-state index contributed by atoms with van der Waals surface area (Å²) < 4.78 is 11.3. The van der Waals surface area contributed by atoms with Gasteiger partial charge in [-0.2, -0.15) is 0 Å². The van der Waals surface area contributed by atoms with Gasteiger partial charge in [-0.15, -0.1) is 0 Å². The fraction of sp³-hybridized carbons (Fsp3) is 0.647. The summed E-state index contributed by atoms with van der Waals surface area (Å²) in [6.45, 7) is 5.94. The lowest BCUT2D eigenvalue weighted by atomic mass is 10.1. The molecule has 1 N–H and O–H groups in total. The van der Waals surface area contributed by atoms with Crippen LogP contribution in [0.4, 0.5) is 5.69 Å². The van der Waals surface area contributed by atoms with Crippen molar-refractivity contribution in [1.82, 2.24) is 4.90 Å². The quantitative estimate of drug-likeness (QED) is 0.872. The maximum atomic E-state index is 5.87. The number of ether oxygens (including phenoxy) is 2. The molecule has 0 bridgehead atoms. The molecule has 2 heterocycles. The molecule has 2 saturated heterocycles. The zero-order chi connectivity index (χ0) is 14.3. The summed E-state index contributed by atoms with van der Waals surface area (Å²) in [6, 6.07) is 9.72. The average Bonchev–Trinajstić information content (AvgIpc) is 3.02. The lowest BCUT2D eigenvalue weighted by Crippen LogP contribution is -2.27. The minimum Gasteiger partial charge on any atom is -0.492 e. The van der Waals surface area contributed by atoms with Crippen LogP contribution in [0, 0.1) is 6.07 Å². The smallest absolute Gasteiger partial charge is 0.121 e. The third-order valence-electron chi connectivity index (χ3n) is 4.23. The Morgan fingerprint density at radius 2 is 2.10 bits per heavy atom. The third kappa shape index (κ3) is 4.61. The first kappa shape index (κ1) is 14.7. The Bertz CT molecular complexity index is 427.